The van der Waals surface area contributed by atoms with Gasteiger partial charge in [0.1, 0.15) is 5.65 Å². The van der Waals surface area contributed by atoms with Crippen LogP contribution in [0.25, 0.3) is 5.65 Å². The molecule has 0 aliphatic rings. The normalized spacial score (nSPS) is 12.9. The van der Waals surface area contributed by atoms with Gasteiger partial charge in [-0.05, 0) is 18.6 Å². The number of nitrogens with zero attached hydrogens (tertiary/aromatic N) is 2. The Hall–Kier alpha value is -1.35. The van der Waals surface area contributed by atoms with E-state index < -0.39 is 6.10 Å². The Kier molecular flexibility index (Phi) is 6.06. The Labute approximate surface area is 121 Å². The number of aliphatic hydroxyl groups is 1. The van der Waals surface area contributed by atoms with Gasteiger partial charge in [0.05, 0.1) is 11.8 Å². The zero-order valence-electron chi connectivity index (χ0n) is 12.5. The molecule has 0 aliphatic carbocycles. The van der Waals surface area contributed by atoms with E-state index in [2.05, 4.69) is 11.9 Å². The molecule has 1 N–H and O–H groups in total. The Bertz CT molecular complexity index is 473. The molecular weight excluding hydrogens is 248 g/mol. The number of unbranched alkanes of at least 4 members (excludes halogenated alkanes) is 6. The van der Waals surface area contributed by atoms with Crippen LogP contribution in [0.3, 0.4) is 0 Å². The summed E-state index contributed by atoms with van der Waals surface area (Å²) < 4.78 is 1.96. The van der Waals surface area contributed by atoms with Crippen LogP contribution in [0.5, 0.6) is 0 Å². The predicted molar refractivity (Wildman–Crippen MR) is 82.8 cm³/mol. The van der Waals surface area contributed by atoms with Crippen molar-refractivity contribution in [3.05, 3.63) is 36.3 Å². The fourth-order valence-corrected chi connectivity index (χ4v) is 2.56. The third-order valence-corrected chi connectivity index (χ3v) is 3.81. The lowest BCUT2D eigenvalue weighted by molar-refractivity contribution is 0.159. The monoisotopic (exact) mass is 274 g/mol. The number of hydrogen-bond donors (Lipinski definition) is 1. The fourth-order valence-electron chi connectivity index (χ4n) is 2.56. The molecule has 2 rings (SSSR count). The standard InChI is InChI=1S/C17H26N2O/c1-2-3-4-5-6-7-8-11-16(20)15-14-19-13-10-9-12-17(19)18-15/h9-10,12-14,16,20H,2-8,11H2,1H3. The largest absolute Gasteiger partial charge is 0.387 e. The van der Waals surface area contributed by atoms with Gasteiger partial charge in [-0.3, -0.25) is 0 Å². The van der Waals surface area contributed by atoms with Crippen molar-refractivity contribution in [2.75, 3.05) is 0 Å². The van der Waals surface area contributed by atoms with E-state index in [0.717, 1.165) is 24.2 Å². The molecule has 3 heteroatoms. The second-order valence-corrected chi connectivity index (χ2v) is 5.56. The third-order valence-electron chi connectivity index (χ3n) is 3.81. The molecule has 2 aromatic rings. The highest BCUT2D eigenvalue weighted by atomic mass is 16.3. The molecule has 0 fully saturated rings. The van der Waals surface area contributed by atoms with Crippen LogP contribution in [0, 0.1) is 0 Å². The lowest BCUT2D eigenvalue weighted by Gasteiger charge is -2.07. The molecular formula is C17H26N2O. The molecule has 0 saturated heterocycles. The Morgan fingerprint density at radius 2 is 1.85 bits per heavy atom. The summed E-state index contributed by atoms with van der Waals surface area (Å²) in [6.07, 6.45) is 13.2. The van der Waals surface area contributed by atoms with Crippen molar-refractivity contribution < 1.29 is 5.11 Å². The molecule has 0 aliphatic heterocycles. The first-order valence-electron chi connectivity index (χ1n) is 7.93. The molecule has 0 bridgehead atoms. The van der Waals surface area contributed by atoms with Gasteiger partial charge in [0.25, 0.3) is 0 Å². The zero-order chi connectivity index (χ0) is 14.2. The molecule has 0 spiro atoms. The summed E-state index contributed by atoms with van der Waals surface area (Å²) >= 11 is 0. The molecule has 0 radical (unpaired) electrons. The second-order valence-electron chi connectivity index (χ2n) is 5.56. The average Bonchev–Trinajstić information content (AvgIpc) is 2.90. The van der Waals surface area contributed by atoms with Crippen molar-refractivity contribution in [2.24, 2.45) is 0 Å². The van der Waals surface area contributed by atoms with E-state index in [-0.39, 0.29) is 0 Å². The van der Waals surface area contributed by atoms with E-state index in [1.807, 2.05) is 35.0 Å². The van der Waals surface area contributed by atoms with Crippen LogP contribution in [-0.4, -0.2) is 14.5 Å². The molecule has 2 aromatic heterocycles. The second kappa shape index (κ2) is 8.05. The van der Waals surface area contributed by atoms with Gasteiger partial charge >= 0.3 is 0 Å². The molecule has 110 valence electrons. The van der Waals surface area contributed by atoms with Crippen LogP contribution in [0.15, 0.2) is 30.6 Å². The summed E-state index contributed by atoms with van der Waals surface area (Å²) in [5.41, 5.74) is 1.70. The minimum atomic E-state index is -0.425. The summed E-state index contributed by atoms with van der Waals surface area (Å²) in [5, 5.41) is 10.2. The van der Waals surface area contributed by atoms with Gasteiger partial charge in [-0.25, -0.2) is 4.98 Å². The number of imidazole rings is 1. The van der Waals surface area contributed by atoms with E-state index in [1.165, 1.54) is 38.5 Å². The number of pyridine rings is 1. The van der Waals surface area contributed by atoms with Crippen molar-refractivity contribution >= 4 is 5.65 Å². The topological polar surface area (TPSA) is 37.5 Å². The molecule has 3 nitrogen and oxygen atoms in total. The van der Waals surface area contributed by atoms with E-state index in [1.54, 1.807) is 0 Å². The summed E-state index contributed by atoms with van der Waals surface area (Å²) in [4.78, 5) is 4.47. The first-order valence-corrected chi connectivity index (χ1v) is 7.93. The van der Waals surface area contributed by atoms with Gasteiger partial charge in [-0.2, -0.15) is 0 Å². The lowest BCUT2D eigenvalue weighted by Crippen LogP contribution is -1.97. The molecule has 20 heavy (non-hydrogen) atoms. The van der Waals surface area contributed by atoms with Crippen LogP contribution in [-0.2, 0) is 0 Å². The quantitative estimate of drug-likeness (QED) is 0.683. The van der Waals surface area contributed by atoms with E-state index in [4.69, 9.17) is 0 Å². The molecule has 0 aromatic carbocycles. The maximum atomic E-state index is 10.2. The lowest BCUT2D eigenvalue weighted by atomic mass is 10.1. The smallest absolute Gasteiger partial charge is 0.137 e. The SMILES string of the molecule is CCCCCCCCCC(O)c1cn2ccccc2n1. The van der Waals surface area contributed by atoms with Gasteiger partial charge in [-0.15, -0.1) is 0 Å². The number of hydrogen-bond acceptors (Lipinski definition) is 2. The number of rotatable bonds is 9. The average molecular weight is 274 g/mol. The van der Waals surface area contributed by atoms with Crippen LogP contribution in [0.4, 0.5) is 0 Å². The van der Waals surface area contributed by atoms with Crippen molar-refractivity contribution in [3.63, 3.8) is 0 Å². The molecule has 1 unspecified atom stereocenters. The van der Waals surface area contributed by atoms with Crippen molar-refractivity contribution in [3.8, 4) is 0 Å². The van der Waals surface area contributed by atoms with Crippen molar-refractivity contribution in [2.45, 2.75) is 64.4 Å². The van der Waals surface area contributed by atoms with E-state index >= 15 is 0 Å². The summed E-state index contributed by atoms with van der Waals surface area (Å²) in [7, 11) is 0. The predicted octanol–water partition coefficient (Wildman–Crippen LogP) is 4.51. The van der Waals surface area contributed by atoms with E-state index in [9.17, 15) is 5.11 Å². The van der Waals surface area contributed by atoms with Crippen LogP contribution in [0.1, 0.15) is 70.1 Å². The number of aliphatic hydroxyl groups excluding tert-OH is 1. The van der Waals surface area contributed by atoms with Crippen LogP contribution in [0.2, 0.25) is 0 Å². The molecule has 0 amide bonds. The minimum absolute atomic E-state index is 0.425. The van der Waals surface area contributed by atoms with Crippen LogP contribution >= 0.6 is 0 Å². The van der Waals surface area contributed by atoms with Gasteiger partial charge < -0.3 is 9.51 Å². The van der Waals surface area contributed by atoms with Gasteiger partial charge in [-0.1, -0.05) is 57.9 Å². The zero-order valence-corrected chi connectivity index (χ0v) is 12.5. The maximum absolute atomic E-state index is 10.2. The van der Waals surface area contributed by atoms with Gasteiger partial charge in [0.15, 0.2) is 0 Å². The minimum Gasteiger partial charge on any atom is -0.387 e. The Morgan fingerprint density at radius 1 is 1.10 bits per heavy atom. The highest BCUT2D eigenvalue weighted by Gasteiger charge is 2.11. The number of aromatic nitrogens is 2. The maximum Gasteiger partial charge on any atom is 0.137 e. The number of fused-ring (bicyclic) bond motifs is 1. The van der Waals surface area contributed by atoms with E-state index in [0.29, 0.717) is 0 Å². The first kappa shape index (κ1) is 15.0. The van der Waals surface area contributed by atoms with Crippen LogP contribution < -0.4 is 0 Å². The molecule has 2 heterocycles. The molecule has 0 saturated carbocycles. The summed E-state index contributed by atoms with van der Waals surface area (Å²) in [6, 6.07) is 5.90. The summed E-state index contributed by atoms with van der Waals surface area (Å²) in [6.45, 7) is 2.24. The third kappa shape index (κ3) is 4.34. The van der Waals surface area contributed by atoms with Gasteiger partial charge in [0, 0.05) is 12.4 Å². The van der Waals surface area contributed by atoms with Crippen molar-refractivity contribution in [1.82, 2.24) is 9.38 Å². The summed E-state index contributed by atoms with van der Waals surface area (Å²) in [5.74, 6) is 0. The first-order chi connectivity index (χ1) is 9.81. The van der Waals surface area contributed by atoms with Gasteiger partial charge in [0.2, 0.25) is 0 Å². The Morgan fingerprint density at radius 3 is 2.60 bits per heavy atom. The molecule has 1 atom stereocenters. The highest BCUT2D eigenvalue weighted by molar-refractivity contribution is 5.39. The van der Waals surface area contributed by atoms with Crippen molar-refractivity contribution in [1.29, 1.82) is 0 Å². The highest BCUT2D eigenvalue weighted by Crippen LogP contribution is 2.20. The fraction of sp³-hybridized carbons (Fsp3) is 0.588. The Balaban J connectivity index is 1.70.